The molecule has 0 saturated heterocycles. The first-order valence-electron chi connectivity index (χ1n) is 9.41. The topological polar surface area (TPSA) is 102 Å². The van der Waals surface area contributed by atoms with Gasteiger partial charge in [-0.2, -0.15) is 0 Å². The lowest BCUT2D eigenvalue weighted by Crippen LogP contribution is -2.51. The molecule has 7 nitrogen and oxygen atoms in total. The predicted molar refractivity (Wildman–Crippen MR) is 116 cm³/mol. The van der Waals surface area contributed by atoms with Crippen molar-refractivity contribution >= 4 is 21.6 Å². The fraction of sp³-hybridized carbons (Fsp3) is 0.381. The van der Waals surface area contributed by atoms with E-state index in [1.54, 1.807) is 24.3 Å². The lowest BCUT2D eigenvalue weighted by molar-refractivity contribution is -0.119. The van der Waals surface area contributed by atoms with Crippen molar-refractivity contribution < 1.29 is 17.9 Å². The van der Waals surface area contributed by atoms with Crippen LogP contribution in [-0.4, -0.2) is 39.7 Å². The normalized spacial score (nSPS) is 12.6. The van der Waals surface area contributed by atoms with Gasteiger partial charge in [0.05, 0.1) is 18.5 Å². The number of benzene rings is 2. The third kappa shape index (κ3) is 7.07. The fourth-order valence-corrected chi connectivity index (χ4v) is 3.58. The Morgan fingerprint density at radius 2 is 1.59 bits per heavy atom. The van der Waals surface area contributed by atoms with Crippen LogP contribution >= 0.6 is 0 Å². The zero-order valence-electron chi connectivity index (χ0n) is 17.3. The van der Waals surface area contributed by atoms with E-state index >= 15 is 0 Å². The Labute approximate surface area is 172 Å². The van der Waals surface area contributed by atoms with Crippen molar-refractivity contribution in [2.45, 2.75) is 26.8 Å². The molecule has 8 heteroatoms. The first kappa shape index (κ1) is 22.7. The van der Waals surface area contributed by atoms with Crippen molar-refractivity contribution in [1.29, 1.82) is 0 Å². The van der Waals surface area contributed by atoms with E-state index in [1.807, 2.05) is 45.0 Å². The number of aryl methyl sites for hydroxylation is 1. The van der Waals surface area contributed by atoms with Crippen LogP contribution in [0.5, 0.6) is 11.5 Å². The van der Waals surface area contributed by atoms with Crippen LogP contribution in [0.2, 0.25) is 0 Å². The van der Waals surface area contributed by atoms with Gasteiger partial charge in [0.2, 0.25) is 15.9 Å². The van der Waals surface area contributed by atoms with Gasteiger partial charge in [0.15, 0.2) is 0 Å². The Kier molecular flexibility index (Phi) is 7.64. The standard InChI is InChI=1S/C21H29N3O4S/c1-15(2)13-23-20(21(22)25)14-24(29(4,26)27)17-7-11-19(12-8-17)28-18-9-5-16(3)6-10-18/h5-12,15,20,23H,13-14H2,1-4H3,(H2,22,25)/t20-/m0/s1. The molecule has 0 bridgehead atoms. The molecule has 0 heterocycles. The van der Waals surface area contributed by atoms with Gasteiger partial charge < -0.3 is 15.8 Å². The van der Waals surface area contributed by atoms with E-state index in [9.17, 15) is 13.2 Å². The molecule has 0 fully saturated rings. The van der Waals surface area contributed by atoms with E-state index in [0.717, 1.165) is 11.8 Å². The van der Waals surface area contributed by atoms with Crippen molar-refractivity contribution in [3.8, 4) is 11.5 Å². The van der Waals surface area contributed by atoms with Gasteiger partial charge in [-0.1, -0.05) is 31.5 Å². The first-order chi connectivity index (χ1) is 13.6. The number of nitrogens with zero attached hydrogens (tertiary/aromatic N) is 1. The molecular formula is C21H29N3O4S. The van der Waals surface area contributed by atoms with Gasteiger partial charge in [0.25, 0.3) is 0 Å². The van der Waals surface area contributed by atoms with Gasteiger partial charge in [0.1, 0.15) is 17.5 Å². The lowest BCUT2D eigenvalue weighted by atomic mass is 10.2. The fourth-order valence-electron chi connectivity index (χ4n) is 2.65. The molecule has 2 aromatic carbocycles. The molecule has 0 radical (unpaired) electrons. The maximum absolute atomic E-state index is 12.4. The lowest BCUT2D eigenvalue weighted by Gasteiger charge is -2.27. The second kappa shape index (κ2) is 9.76. The number of nitrogens with two attached hydrogens (primary N) is 1. The summed E-state index contributed by atoms with van der Waals surface area (Å²) in [6.07, 6.45) is 1.10. The van der Waals surface area contributed by atoms with Gasteiger partial charge in [-0.3, -0.25) is 9.10 Å². The summed E-state index contributed by atoms with van der Waals surface area (Å²) in [6.45, 7) is 6.44. The van der Waals surface area contributed by atoms with Gasteiger partial charge in [-0.15, -0.1) is 0 Å². The number of sulfonamides is 1. The van der Waals surface area contributed by atoms with Crippen molar-refractivity contribution in [1.82, 2.24) is 5.32 Å². The highest BCUT2D eigenvalue weighted by Gasteiger charge is 2.25. The van der Waals surface area contributed by atoms with Crippen molar-refractivity contribution in [3.63, 3.8) is 0 Å². The van der Waals surface area contributed by atoms with E-state index < -0.39 is 22.0 Å². The van der Waals surface area contributed by atoms with Crippen LogP contribution in [0.3, 0.4) is 0 Å². The zero-order valence-corrected chi connectivity index (χ0v) is 18.1. The molecule has 29 heavy (non-hydrogen) atoms. The van der Waals surface area contributed by atoms with Crippen LogP contribution in [0, 0.1) is 12.8 Å². The second-order valence-corrected chi connectivity index (χ2v) is 9.37. The third-order valence-corrected chi connectivity index (χ3v) is 5.41. The minimum Gasteiger partial charge on any atom is -0.457 e. The number of amides is 1. The van der Waals surface area contributed by atoms with Gasteiger partial charge >= 0.3 is 0 Å². The van der Waals surface area contributed by atoms with Crippen molar-refractivity contribution in [2.75, 3.05) is 23.7 Å². The summed E-state index contributed by atoms with van der Waals surface area (Å²) in [4.78, 5) is 11.8. The Bertz CT molecular complexity index is 910. The molecule has 0 aromatic heterocycles. The Hall–Kier alpha value is -2.58. The summed E-state index contributed by atoms with van der Waals surface area (Å²) < 4.78 is 31.7. The molecule has 3 N–H and O–H groups in total. The Morgan fingerprint density at radius 1 is 1.07 bits per heavy atom. The molecule has 2 aromatic rings. The average Bonchev–Trinajstić information content (AvgIpc) is 2.63. The van der Waals surface area contributed by atoms with Crippen LogP contribution in [0.15, 0.2) is 48.5 Å². The third-order valence-electron chi connectivity index (χ3n) is 4.25. The number of ether oxygens (including phenoxy) is 1. The van der Waals surface area contributed by atoms with Gasteiger partial charge in [0, 0.05) is 0 Å². The summed E-state index contributed by atoms with van der Waals surface area (Å²) in [6, 6.07) is 13.5. The average molecular weight is 420 g/mol. The quantitative estimate of drug-likeness (QED) is 0.616. The molecule has 1 atom stereocenters. The molecule has 0 aliphatic carbocycles. The Balaban J connectivity index is 2.19. The molecule has 0 aliphatic rings. The number of carbonyl (C=O) groups excluding carboxylic acids is 1. The highest BCUT2D eigenvalue weighted by Crippen LogP contribution is 2.26. The number of carbonyl (C=O) groups is 1. The number of nitrogens with one attached hydrogen (secondary N) is 1. The second-order valence-electron chi connectivity index (χ2n) is 7.46. The number of hydrogen-bond donors (Lipinski definition) is 2. The van der Waals surface area contributed by atoms with Crippen LogP contribution in [-0.2, 0) is 14.8 Å². The molecule has 158 valence electrons. The van der Waals surface area contributed by atoms with E-state index in [2.05, 4.69) is 5.32 Å². The number of anilines is 1. The molecule has 1 amide bonds. The first-order valence-corrected chi connectivity index (χ1v) is 11.3. The summed E-state index contributed by atoms with van der Waals surface area (Å²) in [5, 5.41) is 3.03. The minimum atomic E-state index is -3.62. The van der Waals surface area contributed by atoms with Crippen molar-refractivity contribution in [2.24, 2.45) is 11.7 Å². The number of primary amides is 1. The van der Waals surface area contributed by atoms with Crippen molar-refractivity contribution in [3.05, 3.63) is 54.1 Å². The molecular weight excluding hydrogens is 390 g/mol. The summed E-state index contributed by atoms with van der Waals surface area (Å²) >= 11 is 0. The summed E-state index contributed by atoms with van der Waals surface area (Å²) in [7, 11) is -3.62. The van der Waals surface area contributed by atoms with Crippen LogP contribution in [0.4, 0.5) is 5.69 Å². The highest BCUT2D eigenvalue weighted by molar-refractivity contribution is 7.92. The number of hydrogen-bond acceptors (Lipinski definition) is 5. The van der Waals surface area contributed by atoms with E-state index in [0.29, 0.717) is 29.6 Å². The number of rotatable bonds is 10. The summed E-state index contributed by atoms with van der Waals surface area (Å²) in [5.74, 6) is 0.964. The predicted octanol–water partition coefficient (Wildman–Crippen LogP) is 2.65. The van der Waals surface area contributed by atoms with Gasteiger partial charge in [-0.25, -0.2) is 8.42 Å². The SMILES string of the molecule is Cc1ccc(Oc2ccc(N(C[C@H](NCC(C)C)C(N)=O)S(C)(=O)=O)cc2)cc1. The molecule has 0 saturated carbocycles. The highest BCUT2D eigenvalue weighted by atomic mass is 32.2. The van der Waals surface area contributed by atoms with Crippen LogP contribution in [0.25, 0.3) is 0 Å². The smallest absolute Gasteiger partial charge is 0.236 e. The zero-order chi connectivity index (χ0) is 21.6. The van der Waals surface area contributed by atoms with E-state index in [4.69, 9.17) is 10.5 Å². The van der Waals surface area contributed by atoms with Crippen LogP contribution < -0.4 is 20.1 Å². The molecule has 2 rings (SSSR count). The maximum Gasteiger partial charge on any atom is 0.236 e. The molecule has 0 spiro atoms. The molecule has 0 aliphatic heterocycles. The maximum atomic E-state index is 12.4. The van der Waals surface area contributed by atoms with E-state index in [-0.39, 0.29) is 6.54 Å². The van der Waals surface area contributed by atoms with Crippen LogP contribution in [0.1, 0.15) is 19.4 Å². The summed E-state index contributed by atoms with van der Waals surface area (Å²) in [5.41, 5.74) is 7.03. The van der Waals surface area contributed by atoms with Gasteiger partial charge in [-0.05, 0) is 55.8 Å². The van der Waals surface area contributed by atoms with E-state index in [1.165, 1.54) is 4.31 Å². The molecule has 0 unspecified atom stereocenters. The largest absolute Gasteiger partial charge is 0.457 e. The monoisotopic (exact) mass is 419 g/mol. The minimum absolute atomic E-state index is 0.0843. The Morgan fingerprint density at radius 3 is 2.03 bits per heavy atom.